The Bertz CT molecular complexity index is 1500. The van der Waals surface area contributed by atoms with Crippen LogP contribution in [0.15, 0.2) is 54.6 Å². The standard InChI is InChI=1S/C31H32ClFN6O4/c1-42-23-10-11-24(27(33)16-23)25-18-38(29-12-9-22(17-34)35-36-29)19-26(25)30(40)37-13-3-4-28(20-5-7-21(32)8-6-20)39(15-14-37)31(41)43-2/h5-12,16,25-26,28H,3-4,13-15,18-19H2,1-2H3/t25-,26?,28+/m0/s1. The number of ether oxygens (including phenoxy) is 2. The molecule has 0 saturated carbocycles. The third-order valence-electron chi connectivity index (χ3n) is 8.20. The van der Waals surface area contributed by atoms with Crippen LogP contribution >= 0.6 is 11.6 Å². The molecule has 0 radical (unpaired) electrons. The molecule has 5 rings (SSSR count). The number of carbonyl (C=O) groups is 2. The molecule has 3 atom stereocenters. The average molecular weight is 607 g/mol. The van der Waals surface area contributed by atoms with Gasteiger partial charge < -0.3 is 19.3 Å². The fourth-order valence-electron chi connectivity index (χ4n) is 5.99. The van der Waals surface area contributed by atoms with Crippen molar-refractivity contribution >= 4 is 29.4 Å². The van der Waals surface area contributed by atoms with E-state index in [1.54, 1.807) is 46.2 Å². The Hall–Kier alpha value is -4.43. The van der Waals surface area contributed by atoms with Crippen LogP contribution in [0.3, 0.4) is 0 Å². The number of halogens is 2. The number of nitrogens with zero attached hydrogens (tertiary/aromatic N) is 6. The highest BCUT2D eigenvalue weighted by atomic mass is 35.5. The molecule has 2 aliphatic heterocycles. The fraction of sp³-hybridized carbons (Fsp3) is 0.387. The SMILES string of the molecule is COC(=O)N1CCN(C(=O)C2CN(c3ccc(C#N)nn3)C[C@H]2c2ccc(OC)cc2F)CCC[C@@H]1c1ccc(Cl)cc1. The van der Waals surface area contributed by atoms with Crippen molar-refractivity contribution in [3.63, 3.8) is 0 Å². The first-order valence-electron chi connectivity index (χ1n) is 14.0. The summed E-state index contributed by atoms with van der Waals surface area (Å²) in [5, 5.41) is 17.8. The molecule has 1 aromatic heterocycles. The monoisotopic (exact) mass is 606 g/mol. The van der Waals surface area contributed by atoms with E-state index >= 15 is 4.39 Å². The third-order valence-corrected chi connectivity index (χ3v) is 8.45. The van der Waals surface area contributed by atoms with Gasteiger partial charge in [0.05, 0.1) is 26.2 Å². The maximum atomic E-state index is 15.4. The van der Waals surface area contributed by atoms with Gasteiger partial charge in [-0.05, 0) is 54.3 Å². The third kappa shape index (κ3) is 6.49. The minimum Gasteiger partial charge on any atom is -0.497 e. The van der Waals surface area contributed by atoms with Crippen molar-refractivity contribution in [2.45, 2.75) is 24.8 Å². The number of carbonyl (C=O) groups excluding carboxylic acids is 2. The largest absolute Gasteiger partial charge is 0.497 e. The van der Waals surface area contributed by atoms with Crippen LogP contribution in [0, 0.1) is 23.1 Å². The average Bonchev–Trinajstić information content (AvgIpc) is 3.46. The zero-order valence-electron chi connectivity index (χ0n) is 24.0. The van der Waals surface area contributed by atoms with E-state index in [4.69, 9.17) is 26.3 Å². The van der Waals surface area contributed by atoms with Crippen molar-refractivity contribution in [2.24, 2.45) is 5.92 Å². The molecule has 0 aliphatic carbocycles. The molecule has 1 unspecified atom stereocenters. The van der Waals surface area contributed by atoms with Crippen molar-refractivity contribution in [3.8, 4) is 11.8 Å². The summed E-state index contributed by atoms with van der Waals surface area (Å²) in [6.07, 6.45) is 0.791. The van der Waals surface area contributed by atoms with Crippen LogP contribution in [-0.2, 0) is 9.53 Å². The molecular formula is C31H32ClFN6O4. The van der Waals surface area contributed by atoms with Gasteiger partial charge in [-0.25, -0.2) is 9.18 Å². The van der Waals surface area contributed by atoms with E-state index in [2.05, 4.69) is 10.2 Å². The van der Waals surface area contributed by atoms with Crippen molar-refractivity contribution < 1.29 is 23.5 Å². The lowest BCUT2D eigenvalue weighted by Gasteiger charge is -2.37. The molecule has 0 N–H and O–H groups in total. The summed E-state index contributed by atoms with van der Waals surface area (Å²) in [5.41, 5.74) is 1.54. The number of rotatable bonds is 5. The maximum absolute atomic E-state index is 15.4. The zero-order valence-corrected chi connectivity index (χ0v) is 24.7. The Morgan fingerprint density at radius 1 is 1.02 bits per heavy atom. The Balaban J connectivity index is 1.40. The summed E-state index contributed by atoms with van der Waals surface area (Å²) in [6.45, 7) is 1.68. The second-order valence-corrected chi connectivity index (χ2v) is 11.0. The molecule has 2 aromatic carbocycles. The van der Waals surface area contributed by atoms with Crippen LogP contribution in [0.25, 0.3) is 0 Å². The van der Waals surface area contributed by atoms with Crippen LogP contribution in [0.2, 0.25) is 5.02 Å². The molecule has 2 fully saturated rings. The van der Waals surface area contributed by atoms with E-state index in [0.29, 0.717) is 61.2 Å². The van der Waals surface area contributed by atoms with Crippen molar-refractivity contribution in [3.05, 3.63) is 82.3 Å². The first-order valence-corrected chi connectivity index (χ1v) is 14.4. The highest BCUT2D eigenvalue weighted by Gasteiger charge is 2.42. The predicted octanol–water partition coefficient (Wildman–Crippen LogP) is 4.80. The lowest BCUT2D eigenvalue weighted by molar-refractivity contribution is -0.136. The summed E-state index contributed by atoms with van der Waals surface area (Å²) < 4.78 is 25.7. The number of hydrogen-bond acceptors (Lipinski definition) is 8. The van der Waals surface area contributed by atoms with Crippen LogP contribution in [-0.4, -0.2) is 78.9 Å². The highest BCUT2D eigenvalue weighted by molar-refractivity contribution is 6.30. The van der Waals surface area contributed by atoms with Crippen molar-refractivity contribution in [1.82, 2.24) is 20.0 Å². The Labute approximate surface area is 254 Å². The van der Waals surface area contributed by atoms with Crippen LogP contribution in [0.1, 0.15) is 41.6 Å². The van der Waals surface area contributed by atoms with Crippen molar-refractivity contribution in [1.29, 1.82) is 5.26 Å². The molecule has 3 heterocycles. The lowest BCUT2D eigenvalue weighted by Crippen LogP contribution is -2.47. The number of methoxy groups -OCH3 is 2. The van der Waals surface area contributed by atoms with Crippen molar-refractivity contribution in [2.75, 3.05) is 51.8 Å². The molecule has 3 aromatic rings. The van der Waals surface area contributed by atoms with Gasteiger partial charge >= 0.3 is 6.09 Å². The van der Waals surface area contributed by atoms with E-state index in [1.807, 2.05) is 23.1 Å². The number of nitriles is 1. The minimum absolute atomic E-state index is 0.126. The first kappa shape index (κ1) is 30.0. The summed E-state index contributed by atoms with van der Waals surface area (Å²) in [6, 6.07) is 17.0. The Morgan fingerprint density at radius 3 is 2.47 bits per heavy atom. The van der Waals surface area contributed by atoms with Gasteiger partial charge in [-0.2, -0.15) is 5.26 Å². The normalized spacial score (nSPS) is 20.6. The molecule has 43 heavy (non-hydrogen) atoms. The maximum Gasteiger partial charge on any atom is 0.410 e. The molecular weight excluding hydrogens is 575 g/mol. The van der Waals surface area contributed by atoms with E-state index < -0.39 is 23.7 Å². The summed E-state index contributed by atoms with van der Waals surface area (Å²) in [4.78, 5) is 32.4. The molecule has 2 amide bonds. The van der Waals surface area contributed by atoms with Gasteiger partial charge in [0.1, 0.15) is 17.6 Å². The van der Waals surface area contributed by atoms with Crippen LogP contribution in [0.4, 0.5) is 15.0 Å². The number of amides is 2. The van der Waals surface area contributed by atoms with E-state index in [0.717, 1.165) is 5.56 Å². The molecule has 10 nitrogen and oxygen atoms in total. The van der Waals surface area contributed by atoms with E-state index in [9.17, 15) is 9.59 Å². The predicted molar refractivity (Wildman–Crippen MR) is 157 cm³/mol. The van der Waals surface area contributed by atoms with Gasteiger partial charge in [0.15, 0.2) is 11.5 Å². The van der Waals surface area contributed by atoms with Crippen LogP contribution in [0.5, 0.6) is 5.75 Å². The molecule has 0 spiro atoms. The van der Waals surface area contributed by atoms with Gasteiger partial charge in [-0.3, -0.25) is 9.69 Å². The second-order valence-electron chi connectivity index (χ2n) is 10.6. The molecule has 224 valence electrons. The van der Waals surface area contributed by atoms with Gasteiger partial charge in [-0.1, -0.05) is 29.8 Å². The first-order chi connectivity index (χ1) is 20.8. The quantitative estimate of drug-likeness (QED) is 0.407. The molecule has 0 bridgehead atoms. The number of anilines is 1. The molecule has 2 aliphatic rings. The number of hydrogen-bond donors (Lipinski definition) is 0. The molecule has 2 saturated heterocycles. The Kier molecular flexibility index (Phi) is 9.26. The summed E-state index contributed by atoms with van der Waals surface area (Å²) >= 11 is 6.09. The summed E-state index contributed by atoms with van der Waals surface area (Å²) in [7, 11) is 2.81. The van der Waals surface area contributed by atoms with Gasteiger partial charge in [0.25, 0.3) is 0 Å². The second kappa shape index (κ2) is 13.3. The Morgan fingerprint density at radius 2 is 1.81 bits per heavy atom. The number of benzene rings is 2. The molecule has 12 heteroatoms. The zero-order chi connectivity index (χ0) is 30.5. The lowest BCUT2D eigenvalue weighted by atomic mass is 9.87. The number of aromatic nitrogens is 2. The van der Waals surface area contributed by atoms with E-state index in [1.165, 1.54) is 20.3 Å². The van der Waals surface area contributed by atoms with Gasteiger partial charge in [0, 0.05) is 49.7 Å². The van der Waals surface area contributed by atoms with Gasteiger partial charge in [-0.15, -0.1) is 10.2 Å². The minimum atomic E-state index is -0.585. The fourth-order valence-corrected chi connectivity index (χ4v) is 6.12. The highest BCUT2D eigenvalue weighted by Crippen LogP contribution is 2.38. The smallest absolute Gasteiger partial charge is 0.410 e. The van der Waals surface area contributed by atoms with E-state index in [-0.39, 0.29) is 24.2 Å². The summed E-state index contributed by atoms with van der Waals surface area (Å²) in [5.74, 6) is -0.745. The topological polar surface area (TPSA) is 112 Å². The van der Waals surface area contributed by atoms with Gasteiger partial charge in [0.2, 0.25) is 5.91 Å². The van der Waals surface area contributed by atoms with Crippen LogP contribution < -0.4 is 9.64 Å².